The van der Waals surface area contributed by atoms with Crippen molar-refractivity contribution in [1.29, 1.82) is 0 Å². The van der Waals surface area contributed by atoms with Crippen LogP contribution in [-0.2, 0) is 15.3 Å². The van der Waals surface area contributed by atoms with Gasteiger partial charge in [-0.15, -0.1) is 10.2 Å². The molecule has 1 fully saturated rings. The predicted octanol–water partition coefficient (Wildman–Crippen LogP) is 6.67. The molecule has 1 atom stereocenters. The number of carbonyl (C=O) groups excluding carboxylic acids is 2. The lowest BCUT2D eigenvalue weighted by Crippen LogP contribution is -2.29. The lowest BCUT2D eigenvalue weighted by Gasteiger charge is -2.23. The molecule has 2 aliphatic heterocycles. The first-order valence-electron chi connectivity index (χ1n) is 12.2. The van der Waals surface area contributed by atoms with Gasteiger partial charge in [0.05, 0.1) is 5.57 Å². The molecular formula is C28H18Cl2FN3O5S2. The zero-order valence-corrected chi connectivity index (χ0v) is 24.0. The summed E-state index contributed by atoms with van der Waals surface area (Å²) in [6.07, 6.45) is 0. The smallest absolute Gasteiger partial charge is 0.301 e. The second kappa shape index (κ2) is 11.3. The van der Waals surface area contributed by atoms with Gasteiger partial charge in [-0.25, -0.2) is 4.39 Å². The average Bonchev–Trinajstić information content (AvgIpc) is 3.54. The predicted molar refractivity (Wildman–Crippen MR) is 155 cm³/mol. The van der Waals surface area contributed by atoms with E-state index in [4.69, 9.17) is 32.7 Å². The van der Waals surface area contributed by atoms with Crippen molar-refractivity contribution >= 4 is 68.9 Å². The number of rotatable bonds is 6. The molecule has 2 aliphatic rings. The number of anilines is 1. The van der Waals surface area contributed by atoms with Crippen LogP contribution in [0.2, 0.25) is 10.0 Å². The van der Waals surface area contributed by atoms with E-state index in [1.807, 2.05) is 0 Å². The van der Waals surface area contributed by atoms with Crippen molar-refractivity contribution in [2.75, 3.05) is 18.1 Å². The lowest BCUT2D eigenvalue weighted by molar-refractivity contribution is -0.132. The standard InChI is InChI=1S/C28H18Cl2FN3O5S2/c29-16-7-5-15(18(30)12-16)13-40-28-33-32-27(41-28)34-23(17-3-1-2-4-19(17)31)22(25(36)26(34)37)24(35)14-6-8-20-21(11-14)39-10-9-38-20/h1-8,11-12,23,35H,9-10,13H2/t23-/m0/s1. The summed E-state index contributed by atoms with van der Waals surface area (Å²) in [5.74, 6) is -1.78. The SMILES string of the molecule is O=C1C(=O)N(c2nnc(SCc3ccc(Cl)cc3Cl)s2)[C@@H](c2ccccc2F)C1=C(O)c1ccc2c(c1)OCCO2. The molecule has 208 valence electrons. The summed E-state index contributed by atoms with van der Waals surface area (Å²) < 4.78 is 26.8. The molecule has 0 aliphatic carbocycles. The zero-order chi connectivity index (χ0) is 28.7. The molecule has 4 aromatic rings. The van der Waals surface area contributed by atoms with Gasteiger partial charge in [0.25, 0.3) is 5.78 Å². The number of thioether (sulfide) groups is 1. The highest BCUT2D eigenvalue weighted by Gasteiger charge is 2.49. The Kier molecular flexibility index (Phi) is 7.60. The molecule has 1 amide bonds. The number of aromatic nitrogens is 2. The highest BCUT2D eigenvalue weighted by atomic mass is 35.5. The number of benzene rings is 3. The summed E-state index contributed by atoms with van der Waals surface area (Å²) in [6.45, 7) is 0.698. The fourth-order valence-corrected chi connectivity index (χ4v) is 6.93. The van der Waals surface area contributed by atoms with E-state index < -0.39 is 29.3 Å². The molecule has 1 N–H and O–H groups in total. The third-order valence-electron chi connectivity index (χ3n) is 6.43. The summed E-state index contributed by atoms with van der Waals surface area (Å²) >= 11 is 14.6. The zero-order valence-electron chi connectivity index (χ0n) is 20.8. The molecule has 6 rings (SSSR count). The molecule has 0 saturated carbocycles. The van der Waals surface area contributed by atoms with E-state index in [0.717, 1.165) is 21.8 Å². The molecule has 13 heteroatoms. The number of aliphatic hydroxyl groups is 1. The van der Waals surface area contributed by atoms with Crippen molar-refractivity contribution in [2.24, 2.45) is 0 Å². The van der Waals surface area contributed by atoms with Crippen molar-refractivity contribution in [3.8, 4) is 11.5 Å². The number of nitrogens with zero attached hydrogens (tertiary/aromatic N) is 3. The van der Waals surface area contributed by atoms with Gasteiger partial charge in [-0.3, -0.25) is 14.5 Å². The van der Waals surface area contributed by atoms with Gasteiger partial charge in [-0.2, -0.15) is 0 Å². The summed E-state index contributed by atoms with van der Waals surface area (Å²) in [5.41, 5.74) is 0.767. The van der Waals surface area contributed by atoms with Gasteiger partial charge in [0.2, 0.25) is 5.13 Å². The van der Waals surface area contributed by atoms with Gasteiger partial charge < -0.3 is 14.6 Å². The Balaban J connectivity index is 1.39. The van der Waals surface area contributed by atoms with E-state index in [0.29, 0.717) is 44.9 Å². The fraction of sp³-hybridized carbons (Fsp3) is 0.143. The Morgan fingerprint density at radius 2 is 1.83 bits per heavy atom. The maximum atomic E-state index is 15.2. The Bertz CT molecular complexity index is 1730. The van der Waals surface area contributed by atoms with Crippen LogP contribution in [0.15, 0.2) is 70.6 Å². The number of carbonyl (C=O) groups is 2. The van der Waals surface area contributed by atoms with Gasteiger partial charge in [0.1, 0.15) is 30.8 Å². The number of ketones is 1. The van der Waals surface area contributed by atoms with E-state index >= 15 is 4.39 Å². The van der Waals surface area contributed by atoms with E-state index in [9.17, 15) is 14.7 Å². The molecule has 1 aromatic heterocycles. The number of hydrogen-bond donors (Lipinski definition) is 1. The van der Waals surface area contributed by atoms with Crippen LogP contribution >= 0.6 is 46.3 Å². The second-order valence-electron chi connectivity index (χ2n) is 8.92. The Morgan fingerprint density at radius 1 is 1.05 bits per heavy atom. The van der Waals surface area contributed by atoms with Crippen molar-refractivity contribution < 1.29 is 28.6 Å². The number of halogens is 3. The molecule has 0 radical (unpaired) electrons. The minimum atomic E-state index is -1.29. The first kappa shape index (κ1) is 27.5. The van der Waals surface area contributed by atoms with Gasteiger partial charge in [0, 0.05) is 26.9 Å². The maximum absolute atomic E-state index is 15.2. The highest BCUT2D eigenvalue weighted by molar-refractivity contribution is 8.00. The fourth-order valence-electron chi connectivity index (χ4n) is 4.50. The topological polar surface area (TPSA) is 102 Å². The molecular weight excluding hydrogens is 612 g/mol. The summed E-state index contributed by atoms with van der Waals surface area (Å²) in [6, 6.07) is 14.3. The Labute approximate surface area is 251 Å². The number of aliphatic hydroxyl groups excluding tert-OH is 1. The highest BCUT2D eigenvalue weighted by Crippen LogP contribution is 2.45. The normalized spacial score (nSPS) is 17.7. The van der Waals surface area contributed by atoms with Gasteiger partial charge >= 0.3 is 5.91 Å². The molecule has 1 saturated heterocycles. The summed E-state index contributed by atoms with van der Waals surface area (Å²) in [5, 5.41) is 20.8. The Hall–Kier alpha value is -3.64. The minimum Gasteiger partial charge on any atom is -0.507 e. The van der Waals surface area contributed by atoms with Crippen molar-refractivity contribution in [3.63, 3.8) is 0 Å². The first-order chi connectivity index (χ1) is 19.8. The molecule has 8 nitrogen and oxygen atoms in total. The van der Waals surface area contributed by atoms with E-state index in [1.165, 1.54) is 42.1 Å². The van der Waals surface area contributed by atoms with E-state index in [1.54, 1.807) is 30.3 Å². The monoisotopic (exact) mass is 629 g/mol. The molecule has 41 heavy (non-hydrogen) atoms. The molecule has 0 spiro atoms. The van der Waals surface area contributed by atoms with Crippen LogP contribution in [0.3, 0.4) is 0 Å². The summed E-state index contributed by atoms with van der Waals surface area (Å²) in [7, 11) is 0. The first-order valence-corrected chi connectivity index (χ1v) is 14.7. The number of ether oxygens (including phenoxy) is 2. The van der Waals surface area contributed by atoms with Crippen molar-refractivity contribution in [2.45, 2.75) is 16.1 Å². The number of fused-ring (bicyclic) bond motifs is 1. The third kappa shape index (κ3) is 5.26. The quantitative estimate of drug-likeness (QED) is 0.0829. The van der Waals surface area contributed by atoms with Crippen LogP contribution in [-0.4, -0.2) is 40.2 Å². The lowest BCUT2D eigenvalue weighted by atomic mass is 9.95. The van der Waals surface area contributed by atoms with Gasteiger partial charge in [-0.1, -0.05) is 70.6 Å². The number of Topliss-reactive ketones (excluding diaryl/α,β-unsaturated/α-hetero) is 1. The maximum Gasteiger partial charge on any atom is 0.301 e. The Morgan fingerprint density at radius 3 is 2.61 bits per heavy atom. The van der Waals surface area contributed by atoms with Crippen molar-refractivity contribution in [1.82, 2.24) is 10.2 Å². The molecule has 0 unspecified atom stereocenters. The molecule has 0 bridgehead atoms. The summed E-state index contributed by atoms with van der Waals surface area (Å²) in [4.78, 5) is 27.9. The van der Waals surface area contributed by atoms with Crippen LogP contribution in [0, 0.1) is 5.82 Å². The van der Waals surface area contributed by atoms with Crippen LogP contribution < -0.4 is 14.4 Å². The molecule has 3 aromatic carbocycles. The largest absolute Gasteiger partial charge is 0.507 e. The third-order valence-corrected chi connectivity index (χ3v) is 9.12. The van der Waals surface area contributed by atoms with E-state index in [-0.39, 0.29) is 21.8 Å². The minimum absolute atomic E-state index is 0.0168. The van der Waals surface area contributed by atoms with Crippen LogP contribution in [0.1, 0.15) is 22.7 Å². The van der Waals surface area contributed by atoms with Crippen molar-refractivity contribution in [3.05, 3.63) is 98.8 Å². The van der Waals surface area contributed by atoms with E-state index in [2.05, 4.69) is 10.2 Å². The average molecular weight is 631 g/mol. The van der Waals surface area contributed by atoms with Crippen LogP contribution in [0.4, 0.5) is 9.52 Å². The van der Waals surface area contributed by atoms with Gasteiger partial charge in [-0.05, 0) is 42.0 Å². The second-order valence-corrected chi connectivity index (χ2v) is 11.9. The van der Waals surface area contributed by atoms with Crippen LogP contribution in [0.5, 0.6) is 11.5 Å². The molecule has 3 heterocycles. The van der Waals surface area contributed by atoms with Gasteiger partial charge in [0.15, 0.2) is 15.8 Å². The number of hydrogen-bond acceptors (Lipinski definition) is 9. The number of amides is 1. The van der Waals surface area contributed by atoms with Crippen LogP contribution in [0.25, 0.3) is 5.76 Å².